The van der Waals surface area contributed by atoms with Gasteiger partial charge in [-0.3, -0.25) is 4.68 Å². The van der Waals surface area contributed by atoms with Crippen LogP contribution in [0, 0.1) is 0 Å². The molecule has 0 bridgehead atoms. The maximum atomic E-state index is 5.35. The molecule has 1 aliphatic rings. The maximum absolute atomic E-state index is 5.35. The van der Waals surface area contributed by atoms with Gasteiger partial charge < -0.3 is 15.0 Å². The molecule has 2 aromatic heterocycles. The fourth-order valence-corrected chi connectivity index (χ4v) is 3.21. The molecular formula is C16H18N4O. The van der Waals surface area contributed by atoms with Gasteiger partial charge in [0.15, 0.2) is 0 Å². The summed E-state index contributed by atoms with van der Waals surface area (Å²) in [5.74, 6) is 0.903. The second-order valence-electron chi connectivity index (χ2n) is 5.51. The van der Waals surface area contributed by atoms with Crippen LogP contribution in [0.1, 0.15) is 22.9 Å². The second-order valence-corrected chi connectivity index (χ2v) is 5.51. The molecule has 0 aliphatic carbocycles. The molecule has 3 heterocycles. The lowest BCUT2D eigenvalue weighted by Gasteiger charge is -2.23. The highest BCUT2D eigenvalue weighted by molar-refractivity contribution is 5.86. The second kappa shape index (κ2) is 4.63. The van der Waals surface area contributed by atoms with Gasteiger partial charge in [0.25, 0.3) is 0 Å². The molecule has 2 N–H and O–H groups in total. The van der Waals surface area contributed by atoms with E-state index < -0.39 is 0 Å². The first-order chi connectivity index (χ1) is 10.3. The van der Waals surface area contributed by atoms with E-state index in [1.807, 2.05) is 24.0 Å². The Morgan fingerprint density at radius 2 is 2.29 bits per heavy atom. The number of fused-ring (bicyclic) bond motifs is 3. The summed E-state index contributed by atoms with van der Waals surface area (Å²) in [5.41, 5.74) is 4.99. The number of rotatable bonds is 2. The summed E-state index contributed by atoms with van der Waals surface area (Å²) >= 11 is 0. The lowest BCUT2D eigenvalue weighted by Crippen LogP contribution is -2.30. The van der Waals surface area contributed by atoms with E-state index in [-0.39, 0.29) is 6.04 Å². The van der Waals surface area contributed by atoms with Crippen molar-refractivity contribution < 1.29 is 4.74 Å². The van der Waals surface area contributed by atoms with E-state index in [9.17, 15) is 0 Å². The largest absolute Gasteiger partial charge is 0.497 e. The molecule has 5 nitrogen and oxygen atoms in total. The Kier molecular flexibility index (Phi) is 2.75. The summed E-state index contributed by atoms with van der Waals surface area (Å²) in [6.07, 6.45) is 5.02. The predicted octanol–water partition coefficient (Wildman–Crippen LogP) is 2.15. The summed E-state index contributed by atoms with van der Waals surface area (Å²) in [6, 6.07) is 6.39. The van der Waals surface area contributed by atoms with Crippen molar-refractivity contribution in [1.82, 2.24) is 20.1 Å². The SMILES string of the molecule is COc1ccc2[nH]c3c(c2c1)CCN[C@H]3c1cnn(C)c1. The molecule has 0 spiro atoms. The quantitative estimate of drug-likeness (QED) is 0.757. The first-order valence-electron chi connectivity index (χ1n) is 7.16. The number of ether oxygens (including phenoxy) is 1. The summed E-state index contributed by atoms with van der Waals surface area (Å²) in [7, 11) is 3.66. The number of aryl methyl sites for hydroxylation is 1. The van der Waals surface area contributed by atoms with Gasteiger partial charge >= 0.3 is 0 Å². The molecule has 1 aliphatic heterocycles. The van der Waals surface area contributed by atoms with Gasteiger partial charge in [-0.05, 0) is 30.2 Å². The van der Waals surface area contributed by atoms with Gasteiger partial charge in [0.2, 0.25) is 0 Å². The molecule has 1 aromatic carbocycles. The number of benzene rings is 1. The van der Waals surface area contributed by atoms with E-state index in [1.165, 1.54) is 27.7 Å². The Morgan fingerprint density at radius 3 is 3.05 bits per heavy atom. The van der Waals surface area contributed by atoms with Crippen molar-refractivity contribution in [1.29, 1.82) is 0 Å². The fraction of sp³-hybridized carbons (Fsp3) is 0.312. The zero-order valence-corrected chi connectivity index (χ0v) is 12.2. The molecule has 108 valence electrons. The van der Waals surface area contributed by atoms with Crippen LogP contribution in [0.2, 0.25) is 0 Å². The zero-order valence-electron chi connectivity index (χ0n) is 12.2. The lowest BCUT2D eigenvalue weighted by atomic mass is 9.96. The van der Waals surface area contributed by atoms with Crippen LogP contribution in [0.3, 0.4) is 0 Å². The van der Waals surface area contributed by atoms with Crippen LogP contribution in [0.5, 0.6) is 5.75 Å². The zero-order chi connectivity index (χ0) is 14.4. The molecule has 0 unspecified atom stereocenters. The Hall–Kier alpha value is -2.27. The van der Waals surface area contributed by atoms with Crippen molar-refractivity contribution >= 4 is 10.9 Å². The first-order valence-corrected chi connectivity index (χ1v) is 7.16. The van der Waals surface area contributed by atoms with Crippen LogP contribution in [0.15, 0.2) is 30.6 Å². The molecule has 0 saturated carbocycles. The Morgan fingerprint density at radius 1 is 1.38 bits per heavy atom. The summed E-state index contributed by atoms with van der Waals surface area (Å²) in [4.78, 5) is 3.57. The molecule has 0 saturated heterocycles. The Bertz CT molecular complexity index is 802. The highest BCUT2D eigenvalue weighted by atomic mass is 16.5. The molecule has 0 radical (unpaired) electrons. The van der Waals surface area contributed by atoms with E-state index in [2.05, 4.69) is 33.7 Å². The van der Waals surface area contributed by atoms with Crippen molar-refractivity contribution in [2.24, 2.45) is 7.05 Å². The summed E-state index contributed by atoms with van der Waals surface area (Å²) in [5, 5.41) is 9.13. The van der Waals surface area contributed by atoms with Crippen LogP contribution in [0.4, 0.5) is 0 Å². The molecule has 1 atom stereocenters. The number of aromatic amines is 1. The van der Waals surface area contributed by atoms with E-state index in [0.29, 0.717) is 0 Å². The van der Waals surface area contributed by atoms with E-state index in [4.69, 9.17) is 4.74 Å². The first kappa shape index (κ1) is 12.5. The molecule has 0 amide bonds. The van der Waals surface area contributed by atoms with Gasteiger partial charge in [-0.15, -0.1) is 0 Å². The number of hydrogen-bond donors (Lipinski definition) is 2. The third kappa shape index (κ3) is 1.93. The standard InChI is InChI=1S/C16H18N4O/c1-20-9-10(8-18-20)15-16-12(5-6-17-15)13-7-11(21-2)3-4-14(13)19-16/h3-4,7-9,15,17,19H,5-6H2,1-2H3/t15-/m0/s1. The van der Waals surface area contributed by atoms with Gasteiger partial charge in [0.1, 0.15) is 5.75 Å². The fourth-order valence-electron chi connectivity index (χ4n) is 3.21. The van der Waals surface area contributed by atoms with Crippen LogP contribution in [-0.2, 0) is 13.5 Å². The van der Waals surface area contributed by atoms with Crippen LogP contribution < -0.4 is 10.1 Å². The van der Waals surface area contributed by atoms with Crippen molar-refractivity contribution in [3.63, 3.8) is 0 Å². The number of hydrogen-bond acceptors (Lipinski definition) is 3. The number of nitrogens with zero attached hydrogens (tertiary/aromatic N) is 2. The van der Waals surface area contributed by atoms with Crippen LogP contribution in [-0.4, -0.2) is 28.4 Å². The van der Waals surface area contributed by atoms with E-state index in [1.54, 1.807) is 7.11 Å². The van der Waals surface area contributed by atoms with Gasteiger partial charge in [0.05, 0.1) is 19.3 Å². The van der Waals surface area contributed by atoms with Gasteiger partial charge in [-0.1, -0.05) is 0 Å². The Balaban J connectivity index is 1.88. The van der Waals surface area contributed by atoms with Crippen molar-refractivity contribution in [3.05, 3.63) is 47.4 Å². The molecular weight excluding hydrogens is 264 g/mol. The minimum atomic E-state index is 0.181. The third-order valence-electron chi connectivity index (χ3n) is 4.22. The van der Waals surface area contributed by atoms with E-state index >= 15 is 0 Å². The minimum Gasteiger partial charge on any atom is -0.497 e. The highest BCUT2D eigenvalue weighted by Crippen LogP contribution is 2.34. The molecule has 5 heteroatoms. The number of nitrogens with one attached hydrogen (secondary N) is 2. The van der Waals surface area contributed by atoms with Gasteiger partial charge in [-0.25, -0.2) is 0 Å². The molecule has 21 heavy (non-hydrogen) atoms. The van der Waals surface area contributed by atoms with Crippen LogP contribution in [0.25, 0.3) is 10.9 Å². The van der Waals surface area contributed by atoms with Crippen LogP contribution >= 0.6 is 0 Å². The third-order valence-corrected chi connectivity index (χ3v) is 4.22. The number of methoxy groups -OCH3 is 1. The highest BCUT2D eigenvalue weighted by Gasteiger charge is 2.26. The predicted molar refractivity (Wildman–Crippen MR) is 81.6 cm³/mol. The summed E-state index contributed by atoms with van der Waals surface area (Å²) in [6.45, 7) is 0.969. The number of aromatic nitrogens is 3. The van der Waals surface area contributed by atoms with Crippen molar-refractivity contribution in [2.75, 3.05) is 13.7 Å². The van der Waals surface area contributed by atoms with Crippen molar-refractivity contribution in [3.8, 4) is 5.75 Å². The lowest BCUT2D eigenvalue weighted by molar-refractivity contribution is 0.415. The maximum Gasteiger partial charge on any atom is 0.119 e. The molecule has 4 rings (SSSR count). The normalized spacial score (nSPS) is 17.9. The topological polar surface area (TPSA) is 54.9 Å². The van der Waals surface area contributed by atoms with Gasteiger partial charge in [0, 0.05) is 41.9 Å². The number of H-pyrrole nitrogens is 1. The smallest absolute Gasteiger partial charge is 0.119 e. The average Bonchev–Trinajstić information content (AvgIpc) is 3.09. The van der Waals surface area contributed by atoms with Gasteiger partial charge in [-0.2, -0.15) is 5.10 Å². The van der Waals surface area contributed by atoms with E-state index in [0.717, 1.165) is 18.7 Å². The molecule has 0 fully saturated rings. The Labute approximate surface area is 122 Å². The summed E-state index contributed by atoms with van der Waals surface area (Å²) < 4.78 is 7.20. The van der Waals surface area contributed by atoms with Crippen molar-refractivity contribution in [2.45, 2.75) is 12.5 Å². The average molecular weight is 282 g/mol. The monoisotopic (exact) mass is 282 g/mol. The minimum absolute atomic E-state index is 0.181. The molecule has 3 aromatic rings.